The van der Waals surface area contributed by atoms with Crippen LogP contribution in [0.1, 0.15) is 24.8 Å². The van der Waals surface area contributed by atoms with Gasteiger partial charge in [-0.2, -0.15) is 0 Å². The maximum absolute atomic E-state index is 12.0. The molecule has 5 heteroatoms. The molecular weight excluding hydrogens is 285 g/mol. The molecule has 19 heavy (non-hydrogen) atoms. The van der Waals surface area contributed by atoms with Crippen molar-refractivity contribution in [2.75, 3.05) is 13.1 Å². The van der Waals surface area contributed by atoms with E-state index in [2.05, 4.69) is 0 Å². The van der Waals surface area contributed by atoms with Gasteiger partial charge in [-0.25, -0.2) is 0 Å². The second-order valence-corrected chi connectivity index (χ2v) is 5.69. The van der Waals surface area contributed by atoms with E-state index in [9.17, 15) is 9.90 Å². The van der Waals surface area contributed by atoms with Crippen molar-refractivity contribution < 1.29 is 9.90 Å². The molecule has 3 nitrogen and oxygen atoms in total. The predicted molar refractivity (Wildman–Crippen MR) is 76.6 cm³/mol. The van der Waals surface area contributed by atoms with E-state index in [4.69, 9.17) is 23.2 Å². The van der Waals surface area contributed by atoms with E-state index < -0.39 is 0 Å². The quantitative estimate of drug-likeness (QED) is 0.932. The lowest BCUT2D eigenvalue weighted by atomic mass is 10.1. The average molecular weight is 302 g/mol. The number of hydrogen-bond acceptors (Lipinski definition) is 2. The molecule has 0 radical (unpaired) electrons. The van der Waals surface area contributed by atoms with Gasteiger partial charge in [0.15, 0.2) is 0 Å². The van der Waals surface area contributed by atoms with E-state index in [1.165, 1.54) is 0 Å². The average Bonchev–Trinajstić information content (AvgIpc) is 2.38. The summed E-state index contributed by atoms with van der Waals surface area (Å²) < 4.78 is 0. The Morgan fingerprint density at radius 2 is 2.00 bits per heavy atom. The van der Waals surface area contributed by atoms with Crippen LogP contribution in [0.25, 0.3) is 0 Å². The van der Waals surface area contributed by atoms with Crippen molar-refractivity contribution in [3.8, 4) is 0 Å². The van der Waals surface area contributed by atoms with E-state index in [1.54, 1.807) is 12.1 Å². The number of carbonyl (C=O) groups is 1. The summed E-state index contributed by atoms with van der Waals surface area (Å²) in [6, 6.07) is 5.34. The highest BCUT2D eigenvalue weighted by Crippen LogP contribution is 2.22. The van der Waals surface area contributed by atoms with Crippen molar-refractivity contribution in [3.05, 3.63) is 33.8 Å². The Balaban J connectivity index is 1.86. The summed E-state index contributed by atoms with van der Waals surface area (Å²) in [4.78, 5) is 13.8. The molecule has 1 amide bonds. The number of likely N-dealkylation sites (tertiary alicyclic amines) is 1. The fraction of sp³-hybridized carbons (Fsp3) is 0.500. The molecule has 1 aliphatic heterocycles. The van der Waals surface area contributed by atoms with Crippen molar-refractivity contribution >= 4 is 29.1 Å². The van der Waals surface area contributed by atoms with Crippen LogP contribution in [-0.2, 0) is 11.2 Å². The Bertz CT molecular complexity index is 457. The molecule has 1 aromatic carbocycles. The number of hydrogen-bond donors (Lipinski definition) is 1. The van der Waals surface area contributed by atoms with Gasteiger partial charge in [0.2, 0.25) is 5.91 Å². The Hall–Kier alpha value is -0.770. The van der Waals surface area contributed by atoms with Crippen LogP contribution in [0.4, 0.5) is 0 Å². The lowest BCUT2D eigenvalue weighted by Crippen LogP contribution is -2.40. The normalized spacial score (nSPS) is 16.7. The molecule has 2 rings (SSSR count). The van der Waals surface area contributed by atoms with E-state index in [-0.39, 0.29) is 12.0 Å². The minimum atomic E-state index is -0.255. The van der Waals surface area contributed by atoms with Gasteiger partial charge in [0.25, 0.3) is 0 Å². The van der Waals surface area contributed by atoms with Gasteiger partial charge in [-0.15, -0.1) is 0 Å². The molecule has 0 aromatic heterocycles. The molecule has 104 valence electrons. The lowest BCUT2D eigenvalue weighted by Gasteiger charge is -2.29. The summed E-state index contributed by atoms with van der Waals surface area (Å²) in [5.41, 5.74) is 0.941. The van der Waals surface area contributed by atoms with Crippen molar-refractivity contribution in [3.63, 3.8) is 0 Å². The number of aliphatic hydroxyl groups is 1. The van der Waals surface area contributed by atoms with Gasteiger partial charge in [-0.1, -0.05) is 29.3 Å². The van der Waals surface area contributed by atoms with Gasteiger partial charge < -0.3 is 10.0 Å². The highest BCUT2D eigenvalue weighted by molar-refractivity contribution is 6.35. The number of carbonyl (C=O) groups excluding carboxylic acids is 1. The molecule has 0 spiro atoms. The fourth-order valence-corrected chi connectivity index (χ4v) is 2.74. The zero-order valence-electron chi connectivity index (χ0n) is 10.6. The predicted octanol–water partition coefficient (Wildman–Crippen LogP) is 2.91. The molecule has 1 aliphatic rings. The lowest BCUT2D eigenvalue weighted by molar-refractivity contribution is -0.133. The van der Waals surface area contributed by atoms with Gasteiger partial charge in [-0.05, 0) is 37.0 Å². The molecule has 0 aliphatic carbocycles. The summed E-state index contributed by atoms with van der Waals surface area (Å²) in [5.74, 6) is 0.123. The highest BCUT2D eigenvalue weighted by Gasteiger charge is 2.20. The number of benzene rings is 1. The first-order valence-electron chi connectivity index (χ1n) is 6.46. The van der Waals surface area contributed by atoms with Crippen LogP contribution in [0.2, 0.25) is 10.0 Å². The largest absolute Gasteiger partial charge is 0.393 e. The van der Waals surface area contributed by atoms with Gasteiger partial charge >= 0.3 is 0 Å². The molecule has 1 saturated heterocycles. The van der Waals surface area contributed by atoms with Crippen molar-refractivity contribution in [1.82, 2.24) is 4.90 Å². The van der Waals surface area contributed by atoms with Crippen molar-refractivity contribution in [2.45, 2.75) is 31.8 Å². The standard InChI is InChI=1S/C14H17Cl2NO2/c15-11-3-1-10(13(16)9-11)2-4-14(19)17-7-5-12(18)6-8-17/h1,3,9,12,18H,2,4-8H2. The summed E-state index contributed by atoms with van der Waals surface area (Å²) in [6.45, 7) is 1.29. The number of aliphatic hydroxyl groups excluding tert-OH is 1. The molecule has 0 unspecified atom stereocenters. The number of nitrogens with zero attached hydrogens (tertiary/aromatic N) is 1. The second kappa shape index (κ2) is 6.60. The smallest absolute Gasteiger partial charge is 0.222 e. The van der Waals surface area contributed by atoms with E-state index >= 15 is 0 Å². The minimum Gasteiger partial charge on any atom is -0.393 e. The molecule has 0 bridgehead atoms. The molecule has 1 aromatic rings. The Morgan fingerprint density at radius 1 is 1.32 bits per heavy atom. The third kappa shape index (κ3) is 4.10. The molecular formula is C14H17Cl2NO2. The second-order valence-electron chi connectivity index (χ2n) is 4.85. The summed E-state index contributed by atoms with van der Waals surface area (Å²) in [5, 5.41) is 10.6. The first-order chi connectivity index (χ1) is 9.06. The van der Waals surface area contributed by atoms with E-state index in [1.807, 2.05) is 11.0 Å². The highest BCUT2D eigenvalue weighted by atomic mass is 35.5. The topological polar surface area (TPSA) is 40.5 Å². The number of halogens is 2. The van der Waals surface area contributed by atoms with Crippen LogP contribution in [0.15, 0.2) is 18.2 Å². The van der Waals surface area contributed by atoms with E-state index in [0.29, 0.717) is 48.8 Å². The van der Waals surface area contributed by atoms with Gasteiger partial charge in [0.05, 0.1) is 6.10 Å². The molecule has 1 N–H and O–H groups in total. The summed E-state index contributed by atoms with van der Waals surface area (Å²) >= 11 is 11.9. The summed E-state index contributed by atoms with van der Waals surface area (Å²) in [6.07, 6.45) is 2.15. The Morgan fingerprint density at radius 3 is 2.63 bits per heavy atom. The zero-order chi connectivity index (χ0) is 13.8. The van der Waals surface area contributed by atoms with Crippen LogP contribution in [0, 0.1) is 0 Å². The molecule has 0 saturated carbocycles. The van der Waals surface area contributed by atoms with Gasteiger partial charge in [0, 0.05) is 29.6 Å². The Kier molecular flexibility index (Phi) is 5.08. The third-order valence-corrected chi connectivity index (χ3v) is 4.03. The van der Waals surface area contributed by atoms with Crippen LogP contribution in [0.3, 0.4) is 0 Å². The maximum atomic E-state index is 12.0. The first kappa shape index (κ1) is 14.6. The monoisotopic (exact) mass is 301 g/mol. The van der Waals surface area contributed by atoms with Gasteiger partial charge in [-0.3, -0.25) is 4.79 Å². The number of rotatable bonds is 3. The Labute approximate surface area is 123 Å². The zero-order valence-corrected chi connectivity index (χ0v) is 12.1. The fourth-order valence-electron chi connectivity index (χ4n) is 2.24. The number of piperidine rings is 1. The summed E-state index contributed by atoms with van der Waals surface area (Å²) in [7, 11) is 0. The van der Waals surface area contributed by atoms with Crippen molar-refractivity contribution in [2.24, 2.45) is 0 Å². The van der Waals surface area contributed by atoms with E-state index in [0.717, 1.165) is 5.56 Å². The SMILES string of the molecule is O=C(CCc1ccc(Cl)cc1Cl)N1CCC(O)CC1. The number of aryl methyl sites for hydroxylation is 1. The molecule has 1 heterocycles. The molecule has 0 atom stereocenters. The van der Waals surface area contributed by atoms with Crippen LogP contribution in [0.5, 0.6) is 0 Å². The van der Waals surface area contributed by atoms with Crippen LogP contribution in [-0.4, -0.2) is 35.1 Å². The van der Waals surface area contributed by atoms with Gasteiger partial charge in [0.1, 0.15) is 0 Å². The number of amides is 1. The van der Waals surface area contributed by atoms with Crippen LogP contribution >= 0.6 is 23.2 Å². The maximum Gasteiger partial charge on any atom is 0.222 e. The molecule has 1 fully saturated rings. The third-order valence-electron chi connectivity index (χ3n) is 3.44. The first-order valence-corrected chi connectivity index (χ1v) is 7.21. The minimum absolute atomic E-state index is 0.123. The van der Waals surface area contributed by atoms with Crippen LogP contribution < -0.4 is 0 Å². The van der Waals surface area contributed by atoms with Crippen molar-refractivity contribution in [1.29, 1.82) is 0 Å².